The zero-order valence-corrected chi connectivity index (χ0v) is 13.6. The van der Waals surface area contributed by atoms with Crippen LogP contribution in [-0.2, 0) is 4.79 Å². The Labute approximate surface area is 136 Å². The van der Waals surface area contributed by atoms with Gasteiger partial charge in [0.05, 0.1) is 18.2 Å². The number of ketones is 1. The molecule has 1 atom stereocenters. The second-order valence-corrected chi connectivity index (χ2v) is 6.80. The van der Waals surface area contributed by atoms with E-state index in [-0.39, 0.29) is 17.6 Å². The number of carbonyl (C=O) groups is 1. The fraction of sp³-hybridized carbons (Fsp3) is 0.500. The number of benzene rings is 1. The summed E-state index contributed by atoms with van der Waals surface area (Å²) in [5, 5.41) is 11.0. The zero-order chi connectivity index (χ0) is 15.7. The molecule has 1 unspecified atom stereocenters. The number of hydrogen-bond donors (Lipinski definition) is 1. The number of hydrogen-bond acceptors (Lipinski definition) is 3. The van der Waals surface area contributed by atoms with Crippen LogP contribution in [0.5, 0.6) is 0 Å². The minimum Gasteiger partial charge on any atom is -0.510 e. The topological polar surface area (TPSA) is 40.5 Å². The van der Waals surface area contributed by atoms with Crippen LogP contribution in [-0.4, -0.2) is 23.5 Å². The van der Waals surface area contributed by atoms with E-state index in [4.69, 9.17) is 11.6 Å². The lowest BCUT2D eigenvalue weighted by Gasteiger charge is -2.36. The summed E-state index contributed by atoms with van der Waals surface area (Å²) < 4.78 is 0. The van der Waals surface area contributed by atoms with Gasteiger partial charge in [0.25, 0.3) is 0 Å². The average Bonchev–Trinajstić information content (AvgIpc) is 2.86. The van der Waals surface area contributed by atoms with Gasteiger partial charge in [-0.05, 0) is 49.9 Å². The lowest BCUT2D eigenvalue weighted by atomic mass is 9.80. The second kappa shape index (κ2) is 6.33. The summed E-state index contributed by atoms with van der Waals surface area (Å²) in [7, 11) is 0. The molecule has 0 radical (unpaired) electrons. The molecule has 1 heterocycles. The smallest absolute Gasteiger partial charge is 0.161 e. The van der Waals surface area contributed by atoms with Crippen LogP contribution in [0.1, 0.15) is 39.0 Å². The predicted molar refractivity (Wildman–Crippen MR) is 89.5 cm³/mol. The Kier molecular flexibility index (Phi) is 4.44. The van der Waals surface area contributed by atoms with Crippen molar-refractivity contribution in [3.05, 3.63) is 40.6 Å². The maximum Gasteiger partial charge on any atom is 0.161 e. The number of aliphatic hydroxyl groups excluding tert-OH is 1. The van der Waals surface area contributed by atoms with Gasteiger partial charge in [0, 0.05) is 10.7 Å². The van der Waals surface area contributed by atoms with Crippen molar-refractivity contribution in [1.29, 1.82) is 0 Å². The highest BCUT2D eigenvalue weighted by Gasteiger charge is 2.40. The average molecular weight is 320 g/mol. The van der Waals surface area contributed by atoms with Gasteiger partial charge in [0.1, 0.15) is 5.76 Å². The van der Waals surface area contributed by atoms with Crippen LogP contribution in [0.3, 0.4) is 0 Å². The molecule has 1 aromatic carbocycles. The standard InChI is InChI=1S/C18H22ClNO2/c1-12(21)17-16(22)11-20(15-9-7-14(19)8-10-15)18(17)13-5-3-2-4-6-13/h7-10,13,18,22H,2-6,11H2,1H3. The summed E-state index contributed by atoms with van der Waals surface area (Å²) in [6.07, 6.45) is 5.94. The minimum absolute atomic E-state index is 0.000949. The van der Waals surface area contributed by atoms with Crippen LogP contribution >= 0.6 is 11.6 Å². The van der Waals surface area contributed by atoms with Gasteiger partial charge in [-0.2, -0.15) is 0 Å². The first kappa shape index (κ1) is 15.4. The van der Waals surface area contributed by atoms with Crippen LogP contribution in [0.15, 0.2) is 35.6 Å². The summed E-state index contributed by atoms with van der Waals surface area (Å²) in [5.41, 5.74) is 1.63. The number of aliphatic hydroxyl groups is 1. The molecular weight excluding hydrogens is 298 g/mol. The Morgan fingerprint density at radius 2 is 1.82 bits per heavy atom. The molecule has 2 aliphatic rings. The van der Waals surface area contributed by atoms with Crippen LogP contribution in [0.25, 0.3) is 0 Å². The fourth-order valence-corrected chi connectivity index (χ4v) is 4.03. The normalized spacial score (nSPS) is 23.2. The molecule has 1 aliphatic carbocycles. The molecule has 0 spiro atoms. The maximum atomic E-state index is 12.1. The Balaban J connectivity index is 1.95. The molecule has 22 heavy (non-hydrogen) atoms. The minimum atomic E-state index is -0.00969. The van der Waals surface area contributed by atoms with Crippen molar-refractivity contribution in [2.45, 2.75) is 45.1 Å². The number of nitrogens with zero attached hydrogens (tertiary/aromatic N) is 1. The highest BCUT2D eigenvalue weighted by atomic mass is 35.5. The van der Waals surface area contributed by atoms with Gasteiger partial charge in [0.15, 0.2) is 5.78 Å². The van der Waals surface area contributed by atoms with Crippen LogP contribution < -0.4 is 4.90 Å². The van der Waals surface area contributed by atoms with Gasteiger partial charge in [0.2, 0.25) is 0 Å². The highest BCUT2D eigenvalue weighted by Crippen LogP contribution is 2.39. The Hall–Kier alpha value is -1.48. The molecule has 1 fully saturated rings. The van der Waals surface area contributed by atoms with Crippen molar-refractivity contribution in [1.82, 2.24) is 0 Å². The van der Waals surface area contributed by atoms with Crippen LogP contribution in [0.2, 0.25) is 5.02 Å². The quantitative estimate of drug-likeness (QED) is 0.891. The summed E-state index contributed by atoms with van der Waals surface area (Å²) in [6, 6.07) is 7.65. The Bertz CT molecular complexity index is 588. The van der Waals surface area contributed by atoms with Crippen LogP contribution in [0, 0.1) is 5.92 Å². The second-order valence-electron chi connectivity index (χ2n) is 6.36. The van der Waals surface area contributed by atoms with E-state index >= 15 is 0 Å². The van der Waals surface area contributed by atoms with Crippen molar-refractivity contribution in [3.8, 4) is 0 Å². The van der Waals surface area contributed by atoms with Crippen molar-refractivity contribution < 1.29 is 9.90 Å². The van der Waals surface area contributed by atoms with E-state index in [1.54, 1.807) is 6.92 Å². The monoisotopic (exact) mass is 319 g/mol. The highest BCUT2D eigenvalue weighted by molar-refractivity contribution is 6.30. The first-order valence-electron chi connectivity index (χ1n) is 8.03. The molecule has 4 heteroatoms. The molecule has 0 amide bonds. The van der Waals surface area contributed by atoms with Crippen LogP contribution in [0.4, 0.5) is 5.69 Å². The molecule has 1 N–H and O–H groups in total. The number of Topliss-reactive ketones (excluding diaryl/α,β-unsaturated/α-hetero) is 1. The number of anilines is 1. The summed E-state index contributed by atoms with van der Waals surface area (Å²) in [6.45, 7) is 1.98. The van der Waals surface area contributed by atoms with Gasteiger partial charge in [-0.3, -0.25) is 4.79 Å². The lowest BCUT2D eigenvalue weighted by Crippen LogP contribution is -2.40. The van der Waals surface area contributed by atoms with Gasteiger partial charge < -0.3 is 10.0 Å². The number of carbonyl (C=O) groups excluding carboxylic acids is 1. The molecule has 0 saturated heterocycles. The van der Waals surface area contributed by atoms with E-state index in [0.29, 0.717) is 23.1 Å². The van der Waals surface area contributed by atoms with Gasteiger partial charge in [-0.1, -0.05) is 30.9 Å². The summed E-state index contributed by atoms with van der Waals surface area (Å²) in [4.78, 5) is 14.2. The molecule has 1 saturated carbocycles. The van der Waals surface area contributed by atoms with Crippen molar-refractivity contribution in [2.75, 3.05) is 11.4 Å². The Morgan fingerprint density at radius 1 is 1.18 bits per heavy atom. The van der Waals surface area contributed by atoms with E-state index in [9.17, 15) is 9.90 Å². The number of halogens is 1. The first-order chi connectivity index (χ1) is 10.6. The van der Waals surface area contributed by atoms with E-state index < -0.39 is 0 Å². The fourth-order valence-electron chi connectivity index (χ4n) is 3.91. The van der Waals surface area contributed by atoms with E-state index in [1.807, 2.05) is 24.3 Å². The molecule has 118 valence electrons. The molecule has 3 nitrogen and oxygen atoms in total. The van der Waals surface area contributed by atoms with E-state index in [1.165, 1.54) is 19.3 Å². The third-order valence-electron chi connectivity index (χ3n) is 4.90. The van der Waals surface area contributed by atoms with Gasteiger partial charge in [-0.15, -0.1) is 0 Å². The van der Waals surface area contributed by atoms with Crippen molar-refractivity contribution in [2.24, 2.45) is 5.92 Å². The van der Waals surface area contributed by atoms with Crippen molar-refractivity contribution >= 4 is 23.1 Å². The molecule has 0 aromatic heterocycles. The van der Waals surface area contributed by atoms with E-state index in [0.717, 1.165) is 18.5 Å². The molecule has 1 aromatic rings. The molecule has 1 aliphatic heterocycles. The molecular formula is C18H22ClNO2. The van der Waals surface area contributed by atoms with E-state index in [2.05, 4.69) is 4.90 Å². The summed E-state index contributed by atoms with van der Waals surface area (Å²) >= 11 is 5.98. The Morgan fingerprint density at radius 3 is 2.41 bits per heavy atom. The number of rotatable bonds is 3. The lowest BCUT2D eigenvalue weighted by molar-refractivity contribution is -0.114. The molecule has 3 rings (SSSR count). The van der Waals surface area contributed by atoms with Gasteiger partial charge >= 0.3 is 0 Å². The SMILES string of the molecule is CC(=O)C1=C(O)CN(c2ccc(Cl)cc2)C1C1CCCCC1. The zero-order valence-electron chi connectivity index (χ0n) is 12.9. The van der Waals surface area contributed by atoms with Crippen molar-refractivity contribution in [3.63, 3.8) is 0 Å². The largest absolute Gasteiger partial charge is 0.510 e. The van der Waals surface area contributed by atoms with Gasteiger partial charge in [-0.25, -0.2) is 0 Å². The predicted octanol–water partition coefficient (Wildman–Crippen LogP) is 4.51. The third-order valence-corrected chi connectivity index (χ3v) is 5.15. The first-order valence-corrected chi connectivity index (χ1v) is 8.41. The molecule has 0 bridgehead atoms. The summed E-state index contributed by atoms with van der Waals surface area (Å²) in [5.74, 6) is 0.663. The maximum absolute atomic E-state index is 12.1. The third kappa shape index (κ3) is 2.87.